The van der Waals surface area contributed by atoms with E-state index in [-0.39, 0.29) is 12.8 Å². The van der Waals surface area contributed by atoms with Gasteiger partial charge in [-0.25, -0.2) is 14.4 Å². The van der Waals surface area contributed by atoms with E-state index in [0.29, 0.717) is 5.56 Å². The Morgan fingerprint density at radius 2 is 1.42 bits per heavy atom. The van der Waals surface area contributed by atoms with Crippen molar-refractivity contribution < 1.29 is 72.0 Å². The van der Waals surface area contributed by atoms with Crippen LogP contribution in [0.3, 0.4) is 0 Å². The first kappa shape index (κ1) is 60.7. The molecule has 0 radical (unpaired) electrons. The van der Waals surface area contributed by atoms with Crippen LogP contribution >= 0.6 is 0 Å². The summed E-state index contributed by atoms with van der Waals surface area (Å²) in [6.45, 7) is 19.9. The molecule has 11 atom stereocenters. The van der Waals surface area contributed by atoms with Gasteiger partial charge in [0.25, 0.3) is 11.8 Å². The van der Waals surface area contributed by atoms with Crippen LogP contribution < -0.4 is 21.3 Å². The highest BCUT2D eigenvalue weighted by molar-refractivity contribution is 6.01. The Kier molecular flexibility index (Phi) is 23.3. The molecular formula is C49H75N7O15. The first-order valence-electron chi connectivity index (χ1n) is 23.6. The number of carbonyl (C=O) groups excluding carboxylic acids is 10. The Morgan fingerprint density at radius 3 is 1.93 bits per heavy atom. The van der Waals surface area contributed by atoms with Gasteiger partial charge in [-0.3, -0.25) is 33.6 Å². The fourth-order valence-corrected chi connectivity index (χ4v) is 7.47. The topological polar surface area (TPSA) is 286 Å². The Bertz CT molecular complexity index is 2100. The van der Waals surface area contributed by atoms with Gasteiger partial charge in [0, 0.05) is 48.0 Å². The molecule has 22 nitrogen and oxygen atoms in total. The largest absolute Gasteiger partial charge is 0.458 e. The highest BCUT2D eigenvalue weighted by Crippen LogP contribution is 2.23. The van der Waals surface area contributed by atoms with Crippen LogP contribution in [0.15, 0.2) is 42.6 Å². The third-order valence-corrected chi connectivity index (χ3v) is 12.2. The first-order chi connectivity index (χ1) is 33.0. The molecule has 2 rings (SSSR count). The van der Waals surface area contributed by atoms with E-state index in [1.54, 1.807) is 71.9 Å². The van der Waals surface area contributed by atoms with Gasteiger partial charge in [-0.05, 0) is 44.1 Å². The second kappa shape index (κ2) is 27.3. The Morgan fingerprint density at radius 1 is 0.831 bits per heavy atom. The number of amides is 7. The summed E-state index contributed by atoms with van der Waals surface area (Å²) in [6, 6.07) is -1.31. The molecule has 22 heteroatoms. The zero-order valence-corrected chi connectivity index (χ0v) is 43.6. The van der Waals surface area contributed by atoms with Crippen LogP contribution in [-0.2, 0) is 73.3 Å². The number of esters is 3. The number of benzene rings is 1. The Hall–Kier alpha value is -6.42. The molecule has 1 fully saturated rings. The van der Waals surface area contributed by atoms with Crippen LogP contribution in [0.5, 0.6) is 0 Å². The van der Waals surface area contributed by atoms with E-state index >= 15 is 4.79 Å². The van der Waals surface area contributed by atoms with Gasteiger partial charge in [-0.15, -0.1) is 0 Å². The molecule has 5 N–H and O–H groups in total. The average Bonchev–Trinajstić information content (AvgIpc) is 3.32. The van der Waals surface area contributed by atoms with E-state index in [9.17, 15) is 48.3 Å². The third kappa shape index (κ3) is 16.3. The molecular weight excluding hydrogens is 927 g/mol. The number of cyclic esters (lactones) is 2. The van der Waals surface area contributed by atoms with Crippen molar-refractivity contribution in [3.8, 4) is 0 Å². The molecule has 11 unspecified atom stereocenters. The molecule has 0 aromatic heterocycles. The number of aliphatic hydroxyl groups excluding tert-OH is 1. The molecule has 1 aliphatic rings. The summed E-state index contributed by atoms with van der Waals surface area (Å²) in [5.74, 6) is -11.8. The van der Waals surface area contributed by atoms with Crippen LogP contribution in [0.25, 0.3) is 0 Å². The molecule has 396 valence electrons. The van der Waals surface area contributed by atoms with Crippen molar-refractivity contribution in [1.29, 1.82) is 0 Å². The number of hydrogen-bond acceptors (Lipinski definition) is 15. The monoisotopic (exact) mass is 1000 g/mol. The smallest absolute Gasteiger partial charge is 0.333 e. The van der Waals surface area contributed by atoms with Crippen molar-refractivity contribution in [3.63, 3.8) is 0 Å². The van der Waals surface area contributed by atoms with E-state index in [1.807, 2.05) is 0 Å². The number of hydrogen-bond donors (Lipinski definition) is 5. The summed E-state index contributed by atoms with van der Waals surface area (Å²) >= 11 is 0. The number of carbonyl (C=O) groups is 10. The summed E-state index contributed by atoms with van der Waals surface area (Å²) < 4.78 is 23.4. The molecule has 1 aliphatic heterocycles. The quantitative estimate of drug-likeness (QED) is 0.0957. The lowest BCUT2D eigenvalue weighted by Gasteiger charge is -2.39. The minimum absolute atomic E-state index is 0.0591. The molecule has 0 bridgehead atoms. The third-order valence-electron chi connectivity index (χ3n) is 12.2. The van der Waals surface area contributed by atoms with E-state index in [1.165, 1.54) is 55.9 Å². The van der Waals surface area contributed by atoms with E-state index in [0.717, 1.165) is 21.6 Å². The summed E-state index contributed by atoms with van der Waals surface area (Å²) in [5, 5.41) is 21.0. The van der Waals surface area contributed by atoms with Gasteiger partial charge in [-0.2, -0.15) is 0 Å². The van der Waals surface area contributed by atoms with Crippen LogP contribution in [0, 0.1) is 17.8 Å². The molecule has 1 aromatic rings. The van der Waals surface area contributed by atoms with Crippen LogP contribution in [-0.4, -0.2) is 174 Å². The molecule has 0 aliphatic carbocycles. The highest BCUT2D eigenvalue weighted by Gasteiger charge is 2.47. The summed E-state index contributed by atoms with van der Waals surface area (Å²) in [4.78, 5) is 142. The van der Waals surface area contributed by atoms with Gasteiger partial charge >= 0.3 is 17.9 Å². The molecule has 1 heterocycles. The standard InChI is InChI=1S/C49H75N7O15/c1-17-34(58)52-35(39(59)24(2)3)47(65)70-40(25(4)5)36-46(64)56(15)38(30(11)68-16)49(67)71-41(26(6)7)37(51-31(12)57)48(66)69-33(23-32-21-19-18-20-22-32)45(63)55(14)28(9)42(60)50-27(8)44(62)54(13)29(10)43(61)53-36/h18-22,24-27,29-30,33,35-41,59H,9,17,23H2,1-8,10-16H3,(H,50,60)(H,51,57)(H,52,58)(H,53,61). The normalized spacial score (nSPS) is 24.7. The number of likely N-dealkylation sites (N-methyl/N-ethyl adjacent to an activating group) is 3. The number of methoxy groups -OCH3 is 1. The van der Waals surface area contributed by atoms with Crippen molar-refractivity contribution in [2.24, 2.45) is 17.8 Å². The minimum atomic E-state index is -1.86. The molecule has 0 saturated carbocycles. The summed E-state index contributed by atoms with van der Waals surface area (Å²) in [7, 11) is 4.88. The average molecular weight is 1000 g/mol. The number of nitrogens with one attached hydrogen (secondary N) is 4. The van der Waals surface area contributed by atoms with Crippen molar-refractivity contribution in [1.82, 2.24) is 36.0 Å². The van der Waals surface area contributed by atoms with Crippen LogP contribution in [0.1, 0.15) is 88.1 Å². The summed E-state index contributed by atoms with van der Waals surface area (Å²) in [6.07, 6.45) is -7.75. The van der Waals surface area contributed by atoms with Gasteiger partial charge in [0.1, 0.15) is 36.0 Å². The predicted molar refractivity (Wildman–Crippen MR) is 257 cm³/mol. The zero-order chi connectivity index (χ0) is 54.3. The van der Waals surface area contributed by atoms with Gasteiger partial charge in [0.2, 0.25) is 29.5 Å². The lowest BCUT2D eigenvalue weighted by Crippen LogP contribution is -2.64. The first-order valence-corrected chi connectivity index (χ1v) is 23.6. The molecule has 71 heavy (non-hydrogen) atoms. The zero-order valence-electron chi connectivity index (χ0n) is 43.6. The SMILES string of the molecule is C=C1C(=O)NC(C)C(=O)N(C)C(C)C(=O)NC(C(OC(=O)C(NC(=O)CC)C(O)C(C)C)C(C)C)C(=O)N(C)C(C(C)OC)C(=O)OC(C(C)C)C(NC(C)=O)C(=O)OC(Cc2ccccc2)C(=O)N1C. The number of rotatable bonds is 14. The van der Waals surface area contributed by atoms with Crippen molar-refractivity contribution >= 4 is 59.3 Å². The molecule has 7 amide bonds. The molecule has 1 saturated heterocycles. The van der Waals surface area contributed by atoms with E-state index in [4.69, 9.17) is 18.9 Å². The van der Waals surface area contributed by atoms with Gasteiger partial charge in [-0.1, -0.05) is 85.4 Å². The van der Waals surface area contributed by atoms with Crippen molar-refractivity contribution in [2.45, 2.75) is 156 Å². The van der Waals surface area contributed by atoms with Crippen LogP contribution in [0.4, 0.5) is 0 Å². The lowest BCUT2D eigenvalue weighted by molar-refractivity contribution is -0.177. The highest BCUT2D eigenvalue weighted by atomic mass is 16.6. The lowest BCUT2D eigenvalue weighted by atomic mass is 9.95. The van der Waals surface area contributed by atoms with Crippen LogP contribution in [0.2, 0.25) is 0 Å². The fourth-order valence-electron chi connectivity index (χ4n) is 7.47. The number of ether oxygens (including phenoxy) is 4. The van der Waals surface area contributed by atoms with Crippen molar-refractivity contribution in [2.75, 3.05) is 28.3 Å². The molecule has 0 spiro atoms. The minimum Gasteiger partial charge on any atom is -0.458 e. The maximum atomic E-state index is 15.1. The maximum absolute atomic E-state index is 15.1. The predicted octanol–water partition coefficient (Wildman–Crippen LogP) is 0.377. The number of nitrogens with zero attached hydrogens (tertiary/aromatic N) is 3. The van der Waals surface area contributed by atoms with Gasteiger partial charge in [0.15, 0.2) is 24.2 Å². The Balaban J connectivity index is 2.97. The van der Waals surface area contributed by atoms with E-state index in [2.05, 4.69) is 27.8 Å². The second-order valence-corrected chi connectivity index (χ2v) is 18.7. The summed E-state index contributed by atoms with van der Waals surface area (Å²) in [5.41, 5.74) is 0.0576. The number of aliphatic hydroxyl groups is 1. The van der Waals surface area contributed by atoms with Gasteiger partial charge < -0.3 is 60.0 Å². The molecule has 1 aromatic carbocycles. The van der Waals surface area contributed by atoms with E-state index < -0.39 is 149 Å². The Labute approximate surface area is 416 Å². The second-order valence-electron chi connectivity index (χ2n) is 18.7. The van der Waals surface area contributed by atoms with Crippen molar-refractivity contribution in [3.05, 3.63) is 48.2 Å². The van der Waals surface area contributed by atoms with Gasteiger partial charge in [0.05, 0.1) is 12.2 Å². The maximum Gasteiger partial charge on any atom is 0.333 e. The fraction of sp³-hybridized carbons (Fsp3) is 0.633.